The fourth-order valence-electron chi connectivity index (χ4n) is 3.46. The second-order valence-corrected chi connectivity index (χ2v) is 6.25. The summed E-state index contributed by atoms with van der Waals surface area (Å²) in [6.45, 7) is 0. The molecule has 0 fully saturated rings. The minimum absolute atomic E-state index is 0.168. The van der Waals surface area contributed by atoms with Crippen LogP contribution in [-0.2, 0) is 0 Å². The fourth-order valence-corrected chi connectivity index (χ4v) is 3.46. The predicted molar refractivity (Wildman–Crippen MR) is 103 cm³/mol. The molecule has 6 heteroatoms. The number of imidazole rings is 1. The quantitative estimate of drug-likeness (QED) is 0.526. The van der Waals surface area contributed by atoms with Crippen LogP contribution in [0.1, 0.15) is 10.4 Å². The molecule has 3 heterocycles. The van der Waals surface area contributed by atoms with Crippen molar-refractivity contribution in [2.75, 3.05) is 0 Å². The van der Waals surface area contributed by atoms with Gasteiger partial charge in [0.15, 0.2) is 5.65 Å². The van der Waals surface area contributed by atoms with Crippen LogP contribution in [0, 0.1) is 0 Å². The van der Waals surface area contributed by atoms with E-state index >= 15 is 0 Å². The highest BCUT2D eigenvalue weighted by Crippen LogP contribution is 2.25. The molecule has 0 saturated heterocycles. The number of aromatic nitrogens is 3. The first kappa shape index (κ1) is 15.3. The van der Waals surface area contributed by atoms with Crippen LogP contribution in [0.15, 0.2) is 77.7 Å². The molecule has 0 bridgehead atoms. The van der Waals surface area contributed by atoms with Crippen LogP contribution in [0.2, 0.25) is 0 Å². The van der Waals surface area contributed by atoms with Gasteiger partial charge < -0.3 is 5.11 Å². The summed E-state index contributed by atoms with van der Waals surface area (Å²) < 4.78 is 3.46. The zero-order valence-electron chi connectivity index (χ0n) is 14.0. The largest absolute Gasteiger partial charge is 0.478 e. The third-order valence-corrected chi connectivity index (χ3v) is 4.70. The molecule has 0 aliphatic rings. The lowest BCUT2D eigenvalue weighted by molar-refractivity contribution is 0.0697. The van der Waals surface area contributed by atoms with E-state index < -0.39 is 5.97 Å². The SMILES string of the molecule is O=C(O)c1ccc(-n2c(=O)c3ccccc3c3nc4ccccn4c32)cc1. The Kier molecular flexibility index (Phi) is 3.14. The minimum Gasteiger partial charge on any atom is -0.478 e. The van der Waals surface area contributed by atoms with Crippen molar-refractivity contribution in [3.05, 3.63) is 88.8 Å². The van der Waals surface area contributed by atoms with Crippen molar-refractivity contribution in [1.82, 2.24) is 14.0 Å². The Morgan fingerprint density at radius 1 is 0.889 bits per heavy atom. The zero-order chi connectivity index (χ0) is 18.5. The molecule has 0 aliphatic heterocycles. The van der Waals surface area contributed by atoms with Crippen LogP contribution >= 0.6 is 0 Å². The average molecular weight is 355 g/mol. The van der Waals surface area contributed by atoms with Crippen LogP contribution in [-0.4, -0.2) is 25.0 Å². The van der Waals surface area contributed by atoms with Gasteiger partial charge in [0.25, 0.3) is 5.56 Å². The second-order valence-electron chi connectivity index (χ2n) is 6.25. The number of hydrogen-bond acceptors (Lipinski definition) is 3. The number of pyridine rings is 2. The lowest BCUT2D eigenvalue weighted by Gasteiger charge is -2.11. The van der Waals surface area contributed by atoms with E-state index in [1.807, 2.05) is 47.0 Å². The van der Waals surface area contributed by atoms with Crippen molar-refractivity contribution in [1.29, 1.82) is 0 Å². The van der Waals surface area contributed by atoms with Gasteiger partial charge in [-0.25, -0.2) is 9.78 Å². The lowest BCUT2D eigenvalue weighted by Crippen LogP contribution is -2.20. The highest BCUT2D eigenvalue weighted by molar-refractivity contribution is 6.04. The predicted octanol–water partition coefficient (Wildman–Crippen LogP) is 3.49. The molecule has 27 heavy (non-hydrogen) atoms. The molecule has 5 rings (SSSR count). The average Bonchev–Trinajstić information content (AvgIpc) is 3.08. The van der Waals surface area contributed by atoms with Gasteiger partial charge in [0.1, 0.15) is 11.2 Å². The molecule has 0 radical (unpaired) electrons. The van der Waals surface area contributed by atoms with Gasteiger partial charge in [0.2, 0.25) is 0 Å². The Labute approximate surface area is 152 Å². The molecule has 130 valence electrons. The fraction of sp³-hybridized carbons (Fsp3) is 0. The van der Waals surface area contributed by atoms with Crippen LogP contribution in [0.25, 0.3) is 33.3 Å². The number of carboxylic acid groups (broad SMARTS) is 1. The van der Waals surface area contributed by atoms with Gasteiger partial charge in [-0.2, -0.15) is 0 Å². The summed E-state index contributed by atoms with van der Waals surface area (Å²) in [7, 11) is 0. The van der Waals surface area contributed by atoms with Gasteiger partial charge in [0.05, 0.1) is 11.3 Å². The first-order valence-corrected chi connectivity index (χ1v) is 8.39. The molecule has 3 aromatic heterocycles. The molecule has 0 amide bonds. The Morgan fingerprint density at radius 2 is 1.59 bits per heavy atom. The van der Waals surface area contributed by atoms with Gasteiger partial charge in [-0.05, 0) is 42.5 Å². The maximum absolute atomic E-state index is 13.3. The van der Waals surface area contributed by atoms with Crippen molar-refractivity contribution >= 4 is 33.6 Å². The van der Waals surface area contributed by atoms with Gasteiger partial charge in [-0.15, -0.1) is 0 Å². The van der Waals surface area contributed by atoms with Gasteiger partial charge in [0, 0.05) is 17.0 Å². The molecule has 0 saturated carbocycles. The molecule has 5 aromatic rings. The van der Waals surface area contributed by atoms with E-state index in [1.165, 1.54) is 12.1 Å². The normalized spacial score (nSPS) is 11.4. The summed E-state index contributed by atoms with van der Waals surface area (Å²) in [5, 5.41) is 10.5. The first-order chi connectivity index (χ1) is 13.1. The first-order valence-electron chi connectivity index (χ1n) is 8.39. The number of benzene rings is 2. The summed E-state index contributed by atoms with van der Waals surface area (Å²) in [5.74, 6) is -1.01. The number of carbonyl (C=O) groups is 1. The highest BCUT2D eigenvalue weighted by Gasteiger charge is 2.17. The van der Waals surface area contributed by atoms with Crippen molar-refractivity contribution in [2.24, 2.45) is 0 Å². The summed E-state index contributed by atoms with van der Waals surface area (Å²) in [4.78, 5) is 29.2. The topological polar surface area (TPSA) is 76.6 Å². The summed E-state index contributed by atoms with van der Waals surface area (Å²) in [6, 6.07) is 19.3. The van der Waals surface area contributed by atoms with E-state index in [0.717, 1.165) is 16.6 Å². The minimum atomic E-state index is -1.01. The number of carboxylic acids is 1. The number of aromatic carboxylic acids is 1. The summed E-state index contributed by atoms with van der Waals surface area (Å²) in [6.07, 6.45) is 1.86. The Hall–Kier alpha value is -3.93. The second kappa shape index (κ2) is 5.54. The van der Waals surface area contributed by atoms with E-state index in [4.69, 9.17) is 10.1 Å². The Bertz CT molecular complexity index is 1410. The van der Waals surface area contributed by atoms with Crippen LogP contribution in [0.5, 0.6) is 0 Å². The van der Waals surface area contributed by atoms with Crippen LogP contribution < -0.4 is 5.56 Å². The number of nitrogens with zero attached hydrogens (tertiary/aromatic N) is 3. The number of hydrogen-bond donors (Lipinski definition) is 1. The third kappa shape index (κ3) is 2.17. The van der Waals surface area contributed by atoms with Crippen molar-refractivity contribution in [3.8, 4) is 5.69 Å². The molecule has 1 N–H and O–H groups in total. The standard InChI is InChI=1S/C21H13N3O3/c25-20-16-6-2-1-5-15(16)18-19(23-12-4-3-7-17(23)22-18)24(20)14-10-8-13(9-11-14)21(26)27/h1-12H,(H,26,27). The molecule has 0 aliphatic carbocycles. The van der Waals surface area contributed by atoms with E-state index in [1.54, 1.807) is 22.8 Å². The van der Waals surface area contributed by atoms with Gasteiger partial charge >= 0.3 is 5.97 Å². The monoisotopic (exact) mass is 355 g/mol. The van der Waals surface area contributed by atoms with Gasteiger partial charge in [-0.1, -0.05) is 24.3 Å². The molecular weight excluding hydrogens is 342 g/mol. The van der Waals surface area contributed by atoms with Crippen molar-refractivity contribution in [2.45, 2.75) is 0 Å². The lowest BCUT2D eigenvalue weighted by atomic mass is 10.1. The Balaban J connectivity index is 1.99. The van der Waals surface area contributed by atoms with Crippen molar-refractivity contribution < 1.29 is 9.90 Å². The van der Waals surface area contributed by atoms with E-state index in [2.05, 4.69) is 0 Å². The smallest absolute Gasteiger partial charge is 0.335 e. The zero-order valence-corrected chi connectivity index (χ0v) is 14.0. The Morgan fingerprint density at radius 3 is 2.33 bits per heavy atom. The van der Waals surface area contributed by atoms with Gasteiger partial charge in [-0.3, -0.25) is 13.8 Å². The molecule has 0 unspecified atom stereocenters. The summed E-state index contributed by atoms with van der Waals surface area (Å²) >= 11 is 0. The highest BCUT2D eigenvalue weighted by atomic mass is 16.4. The van der Waals surface area contributed by atoms with Crippen LogP contribution in [0.3, 0.4) is 0 Å². The molecular formula is C21H13N3O3. The van der Waals surface area contributed by atoms with E-state index in [0.29, 0.717) is 16.7 Å². The number of fused-ring (bicyclic) bond motifs is 5. The van der Waals surface area contributed by atoms with E-state index in [-0.39, 0.29) is 11.1 Å². The molecule has 0 spiro atoms. The van der Waals surface area contributed by atoms with E-state index in [9.17, 15) is 9.59 Å². The van der Waals surface area contributed by atoms with Crippen molar-refractivity contribution in [3.63, 3.8) is 0 Å². The van der Waals surface area contributed by atoms with Crippen LogP contribution in [0.4, 0.5) is 0 Å². The molecule has 6 nitrogen and oxygen atoms in total. The summed E-state index contributed by atoms with van der Waals surface area (Å²) in [5.41, 5.74) is 2.69. The third-order valence-electron chi connectivity index (χ3n) is 4.70. The maximum Gasteiger partial charge on any atom is 0.335 e. The maximum atomic E-state index is 13.3. The molecule has 2 aromatic carbocycles. The molecule has 0 atom stereocenters. The number of rotatable bonds is 2.